The molecule has 0 aliphatic heterocycles. The van der Waals surface area contributed by atoms with Crippen molar-refractivity contribution in [2.24, 2.45) is 11.8 Å². The molecule has 0 aromatic carbocycles. The van der Waals surface area contributed by atoms with Crippen molar-refractivity contribution in [3.63, 3.8) is 0 Å². The van der Waals surface area contributed by atoms with Crippen molar-refractivity contribution in [2.75, 3.05) is 6.61 Å². The molecule has 0 spiro atoms. The van der Waals surface area contributed by atoms with E-state index >= 15 is 0 Å². The van der Waals surface area contributed by atoms with Crippen LogP contribution in [-0.2, 0) is 9.53 Å². The number of Topliss-reactive ketones (excluding diaryl/α,β-unsaturated/α-hetero) is 1. The quantitative estimate of drug-likeness (QED) is 0.545. The molecule has 2 atom stereocenters. The molecule has 0 radical (unpaired) electrons. The fourth-order valence-electron chi connectivity index (χ4n) is 2.30. The average molecular weight is 239 g/mol. The minimum Gasteiger partial charge on any atom is -0.480 e. The van der Waals surface area contributed by atoms with Gasteiger partial charge in [-0.1, -0.05) is 33.1 Å². The number of ether oxygens (including phenoxy) is 1. The van der Waals surface area contributed by atoms with E-state index in [-0.39, 0.29) is 17.6 Å². The van der Waals surface area contributed by atoms with Gasteiger partial charge in [-0.05, 0) is 25.2 Å². The Balaban J connectivity index is 2.28. The van der Waals surface area contributed by atoms with Crippen LogP contribution in [0.4, 0.5) is 0 Å². The van der Waals surface area contributed by atoms with Crippen molar-refractivity contribution in [2.45, 2.75) is 58.8 Å². The van der Waals surface area contributed by atoms with Crippen molar-refractivity contribution in [3.8, 4) is 0 Å². The molecular formula is C14H25NO2. The van der Waals surface area contributed by atoms with Crippen LogP contribution in [0.15, 0.2) is 0 Å². The summed E-state index contributed by atoms with van der Waals surface area (Å²) in [5.74, 6) is 0.699. The number of carbonyl (C=O) groups excluding carboxylic acids is 1. The van der Waals surface area contributed by atoms with Crippen LogP contribution >= 0.6 is 0 Å². The minimum atomic E-state index is -0.237. The van der Waals surface area contributed by atoms with Gasteiger partial charge in [0.05, 0.1) is 12.5 Å². The fourth-order valence-corrected chi connectivity index (χ4v) is 2.30. The summed E-state index contributed by atoms with van der Waals surface area (Å²) in [6, 6.07) is 0. The van der Waals surface area contributed by atoms with Crippen LogP contribution in [0.3, 0.4) is 0 Å². The summed E-state index contributed by atoms with van der Waals surface area (Å²) in [4.78, 5) is 11.5. The summed E-state index contributed by atoms with van der Waals surface area (Å²) < 4.78 is 5.51. The zero-order valence-electron chi connectivity index (χ0n) is 11.1. The number of unbranched alkanes of at least 4 members (excludes halogenated alkanes) is 1. The zero-order valence-corrected chi connectivity index (χ0v) is 11.1. The van der Waals surface area contributed by atoms with Crippen LogP contribution in [-0.4, -0.2) is 18.3 Å². The molecule has 0 saturated heterocycles. The SMILES string of the molecule is CCCCC(CC)COC(=N)C1CCCC1=O. The van der Waals surface area contributed by atoms with Crippen LogP contribution in [0.5, 0.6) is 0 Å². The molecule has 0 amide bonds. The second-order valence-electron chi connectivity index (χ2n) is 5.00. The Kier molecular flexibility index (Phi) is 6.23. The van der Waals surface area contributed by atoms with Gasteiger partial charge < -0.3 is 4.74 Å². The number of hydrogen-bond acceptors (Lipinski definition) is 3. The third kappa shape index (κ3) is 4.49. The van der Waals surface area contributed by atoms with Crippen molar-refractivity contribution in [1.29, 1.82) is 5.41 Å². The molecule has 3 heteroatoms. The maximum absolute atomic E-state index is 11.5. The van der Waals surface area contributed by atoms with Crippen LogP contribution in [0.1, 0.15) is 58.8 Å². The molecule has 1 N–H and O–H groups in total. The second kappa shape index (κ2) is 7.46. The molecule has 3 nitrogen and oxygen atoms in total. The Morgan fingerprint density at radius 2 is 2.29 bits per heavy atom. The molecule has 1 rings (SSSR count). The summed E-state index contributed by atoms with van der Waals surface area (Å²) in [5, 5.41) is 7.82. The minimum absolute atomic E-state index is 0.191. The summed E-state index contributed by atoms with van der Waals surface area (Å²) >= 11 is 0. The van der Waals surface area contributed by atoms with E-state index < -0.39 is 0 Å². The van der Waals surface area contributed by atoms with E-state index in [1.165, 1.54) is 19.3 Å². The molecule has 98 valence electrons. The first-order chi connectivity index (χ1) is 8.19. The van der Waals surface area contributed by atoms with Gasteiger partial charge in [0.2, 0.25) is 0 Å². The van der Waals surface area contributed by atoms with Crippen LogP contribution < -0.4 is 0 Å². The Bertz CT molecular complexity index is 263. The van der Waals surface area contributed by atoms with Gasteiger partial charge in [-0.25, -0.2) is 0 Å². The van der Waals surface area contributed by atoms with Crippen molar-refractivity contribution in [3.05, 3.63) is 0 Å². The highest BCUT2D eigenvalue weighted by Crippen LogP contribution is 2.23. The first kappa shape index (κ1) is 14.2. The molecule has 0 aromatic heterocycles. The highest BCUT2D eigenvalue weighted by molar-refractivity contribution is 6.01. The van der Waals surface area contributed by atoms with E-state index in [0.717, 1.165) is 19.3 Å². The van der Waals surface area contributed by atoms with E-state index in [1.54, 1.807) is 0 Å². The largest absolute Gasteiger partial charge is 0.480 e. The first-order valence-electron chi connectivity index (χ1n) is 6.93. The van der Waals surface area contributed by atoms with Gasteiger partial charge in [0.25, 0.3) is 0 Å². The lowest BCUT2D eigenvalue weighted by molar-refractivity contribution is -0.119. The average Bonchev–Trinajstić information content (AvgIpc) is 2.75. The van der Waals surface area contributed by atoms with E-state index in [1.807, 2.05) is 0 Å². The maximum Gasteiger partial charge on any atom is 0.191 e. The van der Waals surface area contributed by atoms with Gasteiger partial charge in [0.15, 0.2) is 5.90 Å². The van der Waals surface area contributed by atoms with Crippen LogP contribution in [0.25, 0.3) is 0 Å². The van der Waals surface area contributed by atoms with E-state index in [9.17, 15) is 4.79 Å². The summed E-state index contributed by atoms with van der Waals surface area (Å²) in [6.45, 7) is 4.96. The smallest absolute Gasteiger partial charge is 0.191 e. The van der Waals surface area contributed by atoms with Gasteiger partial charge in [0, 0.05) is 6.42 Å². The van der Waals surface area contributed by atoms with Gasteiger partial charge in [-0.3, -0.25) is 10.2 Å². The molecule has 17 heavy (non-hydrogen) atoms. The van der Waals surface area contributed by atoms with Crippen molar-refractivity contribution < 1.29 is 9.53 Å². The molecule has 2 unspecified atom stereocenters. The van der Waals surface area contributed by atoms with E-state index in [2.05, 4.69) is 13.8 Å². The standard InChI is InChI=1S/C14H25NO2/c1-3-5-7-11(4-2)10-17-14(15)12-8-6-9-13(12)16/h11-12,15H,3-10H2,1-2H3. The fraction of sp³-hybridized carbons (Fsp3) is 0.857. The Morgan fingerprint density at radius 3 is 2.82 bits per heavy atom. The highest BCUT2D eigenvalue weighted by atomic mass is 16.5. The number of rotatable bonds is 7. The monoisotopic (exact) mass is 239 g/mol. The van der Waals surface area contributed by atoms with Gasteiger partial charge >= 0.3 is 0 Å². The Morgan fingerprint density at radius 1 is 1.53 bits per heavy atom. The molecule has 1 aliphatic rings. The van der Waals surface area contributed by atoms with Crippen LogP contribution in [0.2, 0.25) is 0 Å². The summed E-state index contributed by atoms with van der Waals surface area (Å²) in [6.07, 6.45) is 7.03. The number of carbonyl (C=O) groups is 1. The molecular weight excluding hydrogens is 214 g/mol. The third-order valence-electron chi connectivity index (χ3n) is 3.64. The molecule has 0 heterocycles. The first-order valence-corrected chi connectivity index (χ1v) is 6.93. The Labute approximate surface area is 104 Å². The van der Waals surface area contributed by atoms with Gasteiger partial charge in [-0.2, -0.15) is 0 Å². The van der Waals surface area contributed by atoms with Crippen molar-refractivity contribution in [1.82, 2.24) is 0 Å². The van der Waals surface area contributed by atoms with Crippen molar-refractivity contribution >= 4 is 11.7 Å². The second-order valence-corrected chi connectivity index (χ2v) is 5.00. The zero-order chi connectivity index (χ0) is 12.7. The number of ketones is 1. The molecule has 0 bridgehead atoms. The van der Waals surface area contributed by atoms with Gasteiger partial charge in [0.1, 0.15) is 5.78 Å². The highest BCUT2D eigenvalue weighted by Gasteiger charge is 2.29. The van der Waals surface area contributed by atoms with Crippen LogP contribution in [0, 0.1) is 17.2 Å². The number of nitrogens with one attached hydrogen (secondary N) is 1. The molecule has 0 aromatic rings. The maximum atomic E-state index is 11.5. The predicted molar refractivity (Wildman–Crippen MR) is 69.3 cm³/mol. The summed E-state index contributed by atoms with van der Waals surface area (Å²) in [7, 11) is 0. The number of hydrogen-bond donors (Lipinski definition) is 1. The molecule has 1 saturated carbocycles. The topological polar surface area (TPSA) is 50.1 Å². The van der Waals surface area contributed by atoms with Gasteiger partial charge in [-0.15, -0.1) is 0 Å². The lowest BCUT2D eigenvalue weighted by atomic mass is 10.0. The normalized spacial score (nSPS) is 21.5. The lowest BCUT2D eigenvalue weighted by Crippen LogP contribution is -2.23. The van der Waals surface area contributed by atoms with E-state index in [4.69, 9.17) is 10.1 Å². The third-order valence-corrected chi connectivity index (χ3v) is 3.64. The molecule has 1 aliphatic carbocycles. The van der Waals surface area contributed by atoms with E-state index in [0.29, 0.717) is 18.9 Å². The predicted octanol–water partition coefficient (Wildman–Crippen LogP) is 3.57. The summed E-state index contributed by atoms with van der Waals surface area (Å²) in [5.41, 5.74) is 0. The molecule has 1 fully saturated rings. The Hall–Kier alpha value is -0.860. The lowest BCUT2D eigenvalue weighted by Gasteiger charge is -2.17.